The summed E-state index contributed by atoms with van der Waals surface area (Å²) in [6, 6.07) is 10.4. The van der Waals surface area contributed by atoms with Crippen LogP contribution < -0.4 is 16.0 Å². The Morgan fingerprint density at radius 3 is 2.37 bits per heavy atom. The van der Waals surface area contributed by atoms with E-state index >= 15 is 0 Å². The van der Waals surface area contributed by atoms with Gasteiger partial charge in [0, 0.05) is 22.8 Å². The third-order valence-corrected chi connectivity index (χ3v) is 4.78. The minimum Gasteiger partial charge on any atom is -0.352 e. The lowest BCUT2D eigenvalue weighted by Gasteiger charge is -2.21. The van der Waals surface area contributed by atoms with Gasteiger partial charge in [0.05, 0.1) is 10.6 Å². The molecule has 1 atom stereocenters. The van der Waals surface area contributed by atoms with E-state index in [1.807, 2.05) is 20.8 Å². The standard InChI is InChI=1S/C22H25Cl2N3O3/c1-4-25-20(28)14-6-5-7-16(11-14)26-22(30)19(10-13(2)3)27-21(29)17-9-8-15(23)12-18(17)24/h5-9,11-13,19H,4,10H2,1-3H3,(H,25,28)(H,26,30)(H,27,29). The molecule has 2 rings (SSSR count). The number of carbonyl (C=O) groups excluding carboxylic acids is 3. The maximum atomic E-state index is 12.9. The first-order chi connectivity index (χ1) is 14.2. The largest absolute Gasteiger partial charge is 0.352 e. The van der Waals surface area contributed by atoms with E-state index in [0.717, 1.165) is 0 Å². The molecule has 0 aromatic heterocycles. The lowest BCUT2D eigenvalue weighted by Crippen LogP contribution is -2.44. The predicted molar refractivity (Wildman–Crippen MR) is 120 cm³/mol. The number of carbonyl (C=O) groups is 3. The number of anilines is 1. The molecule has 160 valence electrons. The van der Waals surface area contributed by atoms with Crippen molar-refractivity contribution in [3.63, 3.8) is 0 Å². The Kier molecular flexibility index (Phi) is 8.69. The summed E-state index contributed by atoms with van der Waals surface area (Å²) >= 11 is 12.0. The minimum atomic E-state index is -0.780. The lowest BCUT2D eigenvalue weighted by atomic mass is 10.0. The summed E-state index contributed by atoms with van der Waals surface area (Å²) in [6.07, 6.45) is 0.429. The van der Waals surface area contributed by atoms with Crippen LogP contribution in [0.5, 0.6) is 0 Å². The number of hydrogen-bond acceptors (Lipinski definition) is 3. The maximum absolute atomic E-state index is 12.9. The zero-order valence-corrected chi connectivity index (χ0v) is 18.6. The monoisotopic (exact) mass is 449 g/mol. The van der Waals surface area contributed by atoms with Crippen molar-refractivity contribution in [3.8, 4) is 0 Å². The fourth-order valence-corrected chi connectivity index (χ4v) is 3.34. The van der Waals surface area contributed by atoms with Gasteiger partial charge in [-0.25, -0.2) is 0 Å². The molecular weight excluding hydrogens is 425 g/mol. The van der Waals surface area contributed by atoms with E-state index in [9.17, 15) is 14.4 Å². The van der Waals surface area contributed by atoms with Crippen LogP contribution in [0.1, 0.15) is 47.9 Å². The van der Waals surface area contributed by atoms with Gasteiger partial charge in [0.2, 0.25) is 5.91 Å². The molecule has 8 heteroatoms. The summed E-state index contributed by atoms with van der Waals surface area (Å²) in [4.78, 5) is 37.6. The molecule has 2 aromatic rings. The van der Waals surface area contributed by atoms with Crippen LogP contribution in [0.25, 0.3) is 0 Å². The van der Waals surface area contributed by atoms with Gasteiger partial charge in [-0.05, 0) is 55.7 Å². The van der Waals surface area contributed by atoms with Crippen LogP contribution in [0, 0.1) is 5.92 Å². The summed E-state index contributed by atoms with van der Waals surface area (Å²) in [6.45, 7) is 6.25. The summed E-state index contributed by atoms with van der Waals surface area (Å²) in [5.41, 5.74) is 1.14. The highest BCUT2D eigenvalue weighted by Crippen LogP contribution is 2.21. The van der Waals surface area contributed by atoms with E-state index in [4.69, 9.17) is 23.2 Å². The minimum absolute atomic E-state index is 0.156. The Bertz CT molecular complexity index is 932. The first-order valence-corrected chi connectivity index (χ1v) is 10.4. The van der Waals surface area contributed by atoms with E-state index in [-0.39, 0.29) is 28.3 Å². The van der Waals surface area contributed by atoms with Gasteiger partial charge in [-0.15, -0.1) is 0 Å². The Labute approximate surface area is 186 Å². The topological polar surface area (TPSA) is 87.3 Å². The number of amides is 3. The molecule has 0 aliphatic carbocycles. The van der Waals surface area contributed by atoms with Crippen LogP contribution >= 0.6 is 23.2 Å². The number of hydrogen-bond donors (Lipinski definition) is 3. The van der Waals surface area contributed by atoms with Crippen LogP contribution in [0.15, 0.2) is 42.5 Å². The van der Waals surface area contributed by atoms with Crippen LogP contribution in [-0.2, 0) is 4.79 Å². The van der Waals surface area contributed by atoms with Gasteiger partial charge in [0.15, 0.2) is 0 Å². The maximum Gasteiger partial charge on any atom is 0.253 e. The van der Waals surface area contributed by atoms with Gasteiger partial charge in [-0.3, -0.25) is 14.4 Å². The lowest BCUT2D eigenvalue weighted by molar-refractivity contribution is -0.118. The molecule has 0 saturated carbocycles. The van der Waals surface area contributed by atoms with E-state index in [0.29, 0.717) is 29.2 Å². The molecule has 2 aromatic carbocycles. The van der Waals surface area contributed by atoms with E-state index < -0.39 is 11.9 Å². The molecule has 6 nitrogen and oxygen atoms in total. The summed E-state index contributed by atoms with van der Waals surface area (Å²) in [7, 11) is 0. The molecule has 0 aliphatic rings. The highest BCUT2D eigenvalue weighted by atomic mass is 35.5. The van der Waals surface area contributed by atoms with E-state index in [1.54, 1.807) is 30.3 Å². The molecule has 0 heterocycles. The van der Waals surface area contributed by atoms with Crippen molar-refractivity contribution in [2.45, 2.75) is 33.2 Å². The summed E-state index contributed by atoms with van der Waals surface area (Å²) < 4.78 is 0. The molecule has 0 radical (unpaired) electrons. The van der Waals surface area contributed by atoms with Crippen LogP contribution in [-0.4, -0.2) is 30.3 Å². The van der Waals surface area contributed by atoms with Gasteiger partial charge in [-0.1, -0.05) is 43.1 Å². The van der Waals surface area contributed by atoms with Gasteiger partial charge in [-0.2, -0.15) is 0 Å². The summed E-state index contributed by atoms with van der Waals surface area (Å²) in [5, 5.41) is 8.86. The summed E-state index contributed by atoms with van der Waals surface area (Å²) in [5.74, 6) is -0.912. The Hall–Kier alpha value is -2.57. The molecule has 0 fully saturated rings. The third-order valence-electron chi connectivity index (χ3n) is 4.23. The Morgan fingerprint density at radius 2 is 1.73 bits per heavy atom. The van der Waals surface area contributed by atoms with Crippen molar-refractivity contribution in [1.82, 2.24) is 10.6 Å². The zero-order valence-electron chi connectivity index (χ0n) is 17.1. The average Bonchev–Trinajstić information content (AvgIpc) is 2.67. The van der Waals surface area contributed by atoms with Crippen LogP contribution in [0.3, 0.4) is 0 Å². The van der Waals surface area contributed by atoms with E-state index in [2.05, 4.69) is 16.0 Å². The smallest absolute Gasteiger partial charge is 0.253 e. The Morgan fingerprint density at radius 1 is 1.00 bits per heavy atom. The molecule has 1 unspecified atom stereocenters. The van der Waals surface area contributed by atoms with Gasteiger partial charge < -0.3 is 16.0 Å². The van der Waals surface area contributed by atoms with Crippen LogP contribution in [0.2, 0.25) is 10.0 Å². The molecular formula is C22H25Cl2N3O3. The predicted octanol–water partition coefficient (Wildman–Crippen LogP) is 4.53. The highest BCUT2D eigenvalue weighted by molar-refractivity contribution is 6.36. The second-order valence-corrected chi connectivity index (χ2v) is 8.05. The van der Waals surface area contributed by atoms with Gasteiger partial charge >= 0.3 is 0 Å². The fourth-order valence-electron chi connectivity index (χ4n) is 2.84. The second-order valence-electron chi connectivity index (χ2n) is 7.21. The zero-order chi connectivity index (χ0) is 22.3. The molecule has 0 aliphatic heterocycles. The van der Waals surface area contributed by atoms with Gasteiger partial charge in [0.1, 0.15) is 6.04 Å². The fraction of sp³-hybridized carbons (Fsp3) is 0.318. The first kappa shape index (κ1) is 23.7. The van der Waals surface area contributed by atoms with Crippen LogP contribution in [0.4, 0.5) is 5.69 Å². The van der Waals surface area contributed by atoms with Crippen molar-refractivity contribution in [1.29, 1.82) is 0 Å². The molecule has 0 spiro atoms. The van der Waals surface area contributed by atoms with Crippen molar-refractivity contribution >= 4 is 46.6 Å². The van der Waals surface area contributed by atoms with Crippen molar-refractivity contribution < 1.29 is 14.4 Å². The van der Waals surface area contributed by atoms with E-state index in [1.165, 1.54) is 12.1 Å². The Balaban J connectivity index is 2.16. The average molecular weight is 450 g/mol. The first-order valence-electron chi connectivity index (χ1n) is 9.66. The second kappa shape index (κ2) is 11.0. The SMILES string of the molecule is CCNC(=O)c1cccc(NC(=O)C(CC(C)C)NC(=O)c2ccc(Cl)cc2Cl)c1. The molecule has 0 saturated heterocycles. The number of halogens is 2. The number of benzene rings is 2. The highest BCUT2D eigenvalue weighted by Gasteiger charge is 2.24. The van der Waals surface area contributed by atoms with Crippen molar-refractivity contribution in [2.24, 2.45) is 5.92 Å². The molecule has 3 N–H and O–H groups in total. The molecule has 0 bridgehead atoms. The van der Waals surface area contributed by atoms with Crippen molar-refractivity contribution in [3.05, 3.63) is 63.6 Å². The third kappa shape index (κ3) is 6.75. The number of nitrogens with one attached hydrogen (secondary N) is 3. The molecule has 30 heavy (non-hydrogen) atoms. The quantitative estimate of drug-likeness (QED) is 0.553. The number of rotatable bonds is 8. The molecule has 3 amide bonds. The van der Waals surface area contributed by atoms with Crippen molar-refractivity contribution in [2.75, 3.05) is 11.9 Å². The van der Waals surface area contributed by atoms with Gasteiger partial charge in [0.25, 0.3) is 11.8 Å². The normalized spacial score (nSPS) is 11.7.